The summed E-state index contributed by atoms with van der Waals surface area (Å²) >= 11 is 0. The molecule has 11 nitrogen and oxygen atoms in total. The van der Waals surface area contributed by atoms with E-state index in [-0.39, 0.29) is 9.79 Å². The van der Waals surface area contributed by atoms with Gasteiger partial charge in [0, 0.05) is 38.9 Å². The third-order valence-electron chi connectivity index (χ3n) is 5.16. The van der Waals surface area contributed by atoms with E-state index in [1.165, 1.54) is 60.9 Å². The summed E-state index contributed by atoms with van der Waals surface area (Å²) in [6, 6.07) is 11.6. The van der Waals surface area contributed by atoms with Gasteiger partial charge in [-0.3, -0.25) is 4.79 Å². The van der Waals surface area contributed by atoms with Crippen molar-refractivity contribution in [1.29, 1.82) is 0 Å². The number of carbonyl (C=O) groups is 2. The number of morpholine rings is 1. The number of nitrogens with one attached hydrogen (secondary N) is 1. The van der Waals surface area contributed by atoms with Crippen LogP contribution in [0.4, 0.5) is 5.69 Å². The molecule has 0 saturated carbocycles. The van der Waals surface area contributed by atoms with Crippen LogP contribution in [0.5, 0.6) is 0 Å². The van der Waals surface area contributed by atoms with Gasteiger partial charge in [-0.15, -0.1) is 0 Å². The fourth-order valence-electron chi connectivity index (χ4n) is 3.15. The second-order valence-corrected chi connectivity index (χ2v) is 12.0. The van der Waals surface area contributed by atoms with Gasteiger partial charge in [-0.1, -0.05) is 12.1 Å². The van der Waals surface area contributed by atoms with Gasteiger partial charge in [0.15, 0.2) is 6.61 Å². The van der Waals surface area contributed by atoms with Gasteiger partial charge in [-0.25, -0.2) is 25.9 Å². The van der Waals surface area contributed by atoms with E-state index >= 15 is 0 Å². The molecule has 0 aromatic heterocycles. The molecule has 1 saturated heterocycles. The Morgan fingerprint density at radius 1 is 0.972 bits per heavy atom. The van der Waals surface area contributed by atoms with E-state index < -0.39 is 38.5 Å². The largest absolute Gasteiger partial charge is 0.452 e. The molecular weight excluding hydrogens is 510 g/mol. The van der Waals surface area contributed by atoms with Gasteiger partial charge in [-0.05, 0) is 48.0 Å². The predicted molar refractivity (Wildman–Crippen MR) is 132 cm³/mol. The highest BCUT2D eigenvalue weighted by atomic mass is 32.2. The van der Waals surface area contributed by atoms with Crippen LogP contribution in [-0.2, 0) is 39.1 Å². The maximum absolute atomic E-state index is 12.6. The Morgan fingerprint density at radius 2 is 1.56 bits per heavy atom. The maximum Gasteiger partial charge on any atom is 0.331 e. The molecule has 36 heavy (non-hydrogen) atoms. The average molecular weight is 538 g/mol. The second-order valence-electron chi connectivity index (χ2n) is 7.89. The minimum Gasteiger partial charge on any atom is -0.452 e. The zero-order chi connectivity index (χ0) is 26.3. The maximum atomic E-state index is 12.6. The zero-order valence-electron chi connectivity index (χ0n) is 19.8. The summed E-state index contributed by atoms with van der Waals surface area (Å²) in [5.41, 5.74) is 0.918. The van der Waals surface area contributed by atoms with Crippen molar-refractivity contribution in [3.8, 4) is 0 Å². The summed E-state index contributed by atoms with van der Waals surface area (Å²) in [6.07, 6.45) is 2.56. The van der Waals surface area contributed by atoms with E-state index in [2.05, 4.69) is 5.32 Å². The lowest BCUT2D eigenvalue weighted by Crippen LogP contribution is -2.40. The van der Waals surface area contributed by atoms with E-state index in [1.54, 1.807) is 12.1 Å². The highest BCUT2D eigenvalue weighted by Gasteiger charge is 2.26. The number of carbonyl (C=O) groups excluding carboxylic acids is 2. The first-order chi connectivity index (χ1) is 17.0. The molecule has 0 atom stereocenters. The summed E-state index contributed by atoms with van der Waals surface area (Å²) in [7, 11) is -4.35. The molecule has 1 N–H and O–H groups in total. The highest BCUT2D eigenvalue weighted by Crippen LogP contribution is 2.19. The van der Waals surface area contributed by atoms with Crippen LogP contribution < -0.4 is 5.32 Å². The van der Waals surface area contributed by atoms with Gasteiger partial charge < -0.3 is 14.8 Å². The number of esters is 1. The zero-order valence-corrected chi connectivity index (χ0v) is 21.4. The first-order valence-corrected chi connectivity index (χ1v) is 13.7. The molecule has 0 aliphatic carbocycles. The SMILES string of the molecule is CN(C)S(=O)(=O)c1ccc(NC(=O)COC(=O)/C=C/c2ccc(S(=O)(=O)N3CCOCC3)cc2)cc1. The monoisotopic (exact) mass is 537 g/mol. The number of amides is 1. The van der Waals surface area contributed by atoms with Crippen molar-refractivity contribution in [3.05, 3.63) is 60.2 Å². The quantitative estimate of drug-likeness (QED) is 0.371. The number of hydrogen-bond acceptors (Lipinski definition) is 8. The molecular formula is C23H27N3O8S2. The van der Waals surface area contributed by atoms with Crippen molar-refractivity contribution in [2.45, 2.75) is 9.79 Å². The van der Waals surface area contributed by atoms with Crippen LogP contribution in [0.2, 0.25) is 0 Å². The Morgan fingerprint density at radius 3 is 2.14 bits per heavy atom. The van der Waals surface area contributed by atoms with E-state index in [9.17, 15) is 26.4 Å². The summed E-state index contributed by atoms with van der Waals surface area (Å²) in [5.74, 6) is -1.36. The third kappa shape index (κ3) is 6.98. The van der Waals surface area contributed by atoms with Crippen LogP contribution in [-0.4, -0.2) is 84.3 Å². The van der Waals surface area contributed by atoms with Crippen LogP contribution in [0.3, 0.4) is 0 Å². The minimum atomic E-state index is -3.61. The standard InChI is InChI=1S/C23H27N3O8S2/c1-25(2)35(29,30)20-10-6-19(7-11-20)24-22(27)17-34-23(28)12-5-18-3-8-21(9-4-18)36(31,32)26-13-15-33-16-14-26/h3-12H,13-17H2,1-2H3,(H,24,27)/b12-5+. The van der Waals surface area contributed by atoms with Crippen molar-refractivity contribution >= 4 is 43.7 Å². The molecule has 0 unspecified atom stereocenters. The first kappa shape index (κ1) is 27.5. The lowest BCUT2D eigenvalue weighted by molar-refractivity contribution is -0.142. The molecule has 0 bridgehead atoms. The minimum absolute atomic E-state index is 0.0776. The van der Waals surface area contributed by atoms with Crippen LogP contribution >= 0.6 is 0 Å². The Kier molecular flexibility index (Phi) is 8.98. The molecule has 1 aliphatic rings. The Balaban J connectivity index is 1.49. The van der Waals surface area contributed by atoms with Gasteiger partial charge in [0.2, 0.25) is 20.0 Å². The Hall–Kier alpha value is -3.10. The molecule has 194 valence electrons. The van der Waals surface area contributed by atoms with E-state index in [4.69, 9.17) is 9.47 Å². The molecule has 1 aliphatic heterocycles. The van der Waals surface area contributed by atoms with Gasteiger partial charge >= 0.3 is 5.97 Å². The number of ether oxygens (including phenoxy) is 2. The van der Waals surface area contributed by atoms with Crippen LogP contribution in [0.15, 0.2) is 64.4 Å². The number of hydrogen-bond donors (Lipinski definition) is 1. The molecule has 3 rings (SSSR count). The van der Waals surface area contributed by atoms with Crippen molar-refractivity contribution in [1.82, 2.24) is 8.61 Å². The molecule has 1 heterocycles. The normalized spacial score (nSPS) is 15.2. The molecule has 1 fully saturated rings. The van der Waals surface area contributed by atoms with Crippen LogP contribution in [0.1, 0.15) is 5.56 Å². The summed E-state index contributed by atoms with van der Waals surface area (Å²) < 4.78 is 62.0. The average Bonchev–Trinajstić information content (AvgIpc) is 2.87. The van der Waals surface area contributed by atoms with Crippen LogP contribution in [0, 0.1) is 0 Å². The van der Waals surface area contributed by atoms with E-state index in [0.29, 0.717) is 37.6 Å². The summed E-state index contributed by atoms with van der Waals surface area (Å²) in [4.78, 5) is 24.2. The number of benzene rings is 2. The van der Waals surface area contributed by atoms with Crippen molar-refractivity contribution in [3.63, 3.8) is 0 Å². The van der Waals surface area contributed by atoms with Gasteiger partial charge in [0.1, 0.15) is 0 Å². The number of anilines is 1. The number of rotatable bonds is 9. The lowest BCUT2D eigenvalue weighted by atomic mass is 10.2. The third-order valence-corrected chi connectivity index (χ3v) is 8.90. The van der Waals surface area contributed by atoms with Crippen molar-refractivity contribution < 1.29 is 35.9 Å². The summed E-state index contributed by atoms with van der Waals surface area (Å²) in [6.45, 7) is 0.763. The highest BCUT2D eigenvalue weighted by molar-refractivity contribution is 7.89. The van der Waals surface area contributed by atoms with Crippen molar-refractivity contribution in [2.24, 2.45) is 0 Å². The Labute approximate surface area is 210 Å². The second kappa shape index (κ2) is 11.8. The molecule has 2 aromatic carbocycles. The van der Waals surface area contributed by atoms with E-state index in [1.807, 2.05) is 0 Å². The van der Waals surface area contributed by atoms with Crippen molar-refractivity contribution in [2.75, 3.05) is 52.3 Å². The molecule has 13 heteroatoms. The molecule has 0 spiro atoms. The number of nitrogens with zero attached hydrogens (tertiary/aromatic N) is 2. The summed E-state index contributed by atoms with van der Waals surface area (Å²) in [5, 5.41) is 2.51. The van der Waals surface area contributed by atoms with Gasteiger partial charge in [-0.2, -0.15) is 4.31 Å². The molecule has 2 aromatic rings. The number of sulfonamides is 2. The van der Waals surface area contributed by atoms with Gasteiger partial charge in [0.05, 0.1) is 23.0 Å². The van der Waals surface area contributed by atoms with Crippen LogP contribution in [0.25, 0.3) is 6.08 Å². The molecule has 0 radical (unpaired) electrons. The first-order valence-electron chi connectivity index (χ1n) is 10.9. The predicted octanol–water partition coefficient (Wildman–Crippen LogP) is 1.15. The van der Waals surface area contributed by atoms with E-state index in [0.717, 1.165) is 10.4 Å². The Bertz CT molecular complexity index is 1310. The lowest BCUT2D eigenvalue weighted by Gasteiger charge is -2.26. The fraction of sp³-hybridized carbons (Fsp3) is 0.304. The van der Waals surface area contributed by atoms with Gasteiger partial charge in [0.25, 0.3) is 5.91 Å². The molecule has 1 amide bonds. The topological polar surface area (TPSA) is 139 Å². The smallest absolute Gasteiger partial charge is 0.331 e. The fourth-order valence-corrected chi connectivity index (χ4v) is 5.46.